The molecule has 0 saturated carbocycles. The number of benzene rings is 3. The Morgan fingerprint density at radius 1 is 0.970 bits per heavy atom. The lowest BCUT2D eigenvalue weighted by molar-refractivity contribution is -0.133. The van der Waals surface area contributed by atoms with Gasteiger partial charge in [-0.05, 0) is 67.1 Å². The summed E-state index contributed by atoms with van der Waals surface area (Å²) in [6, 6.07) is 24.6. The second-order valence-corrected chi connectivity index (χ2v) is 8.51. The highest BCUT2D eigenvalue weighted by molar-refractivity contribution is 5.97. The third kappa shape index (κ3) is 6.01. The number of amides is 2. The number of nitrogens with one attached hydrogen (secondary N) is 1. The van der Waals surface area contributed by atoms with Gasteiger partial charge in [0.1, 0.15) is 18.4 Å². The third-order valence-electron chi connectivity index (χ3n) is 6.07. The zero-order valence-corrected chi connectivity index (χ0v) is 19.0. The zero-order valence-electron chi connectivity index (χ0n) is 19.0. The molecular weight excluding hydrogens is 412 g/mol. The molecule has 1 aliphatic rings. The number of aryl methyl sites for hydroxylation is 1. The molecule has 3 aromatic rings. The van der Waals surface area contributed by atoms with Gasteiger partial charge in [-0.2, -0.15) is 0 Å². The summed E-state index contributed by atoms with van der Waals surface area (Å²) in [5, 5.41) is 2.97. The maximum absolute atomic E-state index is 13.2. The van der Waals surface area contributed by atoms with Crippen molar-refractivity contribution < 1.29 is 14.3 Å². The summed E-state index contributed by atoms with van der Waals surface area (Å²) >= 11 is 0. The van der Waals surface area contributed by atoms with Crippen molar-refractivity contribution in [1.82, 2.24) is 10.2 Å². The van der Waals surface area contributed by atoms with Crippen LogP contribution in [0.2, 0.25) is 0 Å². The van der Waals surface area contributed by atoms with E-state index in [1.165, 1.54) is 5.56 Å². The van der Waals surface area contributed by atoms with Crippen LogP contribution in [-0.2, 0) is 17.9 Å². The summed E-state index contributed by atoms with van der Waals surface area (Å²) in [4.78, 5) is 27.9. The van der Waals surface area contributed by atoms with Crippen molar-refractivity contribution in [2.75, 3.05) is 6.54 Å². The number of hydrogen-bond acceptors (Lipinski definition) is 3. The van der Waals surface area contributed by atoms with Gasteiger partial charge in [0.05, 0.1) is 0 Å². The van der Waals surface area contributed by atoms with Gasteiger partial charge in [0.25, 0.3) is 5.91 Å². The molecule has 5 nitrogen and oxygen atoms in total. The van der Waals surface area contributed by atoms with Crippen LogP contribution >= 0.6 is 0 Å². The van der Waals surface area contributed by atoms with E-state index in [1.54, 1.807) is 12.1 Å². The molecule has 0 radical (unpaired) electrons. The predicted molar refractivity (Wildman–Crippen MR) is 129 cm³/mol. The van der Waals surface area contributed by atoms with Gasteiger partial charge in [-0.1, -0.05) is 54.6 Å². The monoisotopic (exact) mass is 442 g/mol. The maximum Gasteiger partial charge on any atom is 0.251 e. The van der Waals surface area contributed by atoms with Crippen LogP contribution in [0, 0.1) is 6.92 Å². The van der Waals surface area contributed by atoms with Gasteiger partial charge >= 0.3 is 0 Å². The molecule has 0 bridgehead atoms. The number of likely N-dealkylation sites (tertiary alicyclic amines) is 1. The Labute approximate surface area is 195 Å². The van der Waals surface area contributed by atoms with E-state index < -0.39 is 6.04 Å². The molecule has 3 aromatic carbocycles. The highest BCUT2D eigenvalue weighted by Gasteiger charge is 2.28. The van der Waals surface area contributed by atoms with E-state index in [2.05, 4.69) is 24.4 Å². The smallest absolute Gasteiger partial charge is 0.251 e. The minimum Gasteiger partial charge on any atom is -0.489 e. The zero-order chi connectivity index (χ0) is 23.0. The second kappa shape index (κ2) is 10.8. The van der Waals surface area contributed by atoms with E-state index in [-0.39, 0.29) is 11.8 Å². The summed E-state index contributed by atoms with van der Waals surface area (Å²) in [6.45, 7) is 3.79. The van der Waals surface area contributed by atoms with Crippen molar-refractivity contribution in [2.45, 2.75) is 45.4 Å². The number of rotatable bonds is 7. The Balaban J connectivity index is 1.36. The van der Waals surface area contributed by atoms with Crippen LogP contribution in [0.3, 0.4) is 0 Å². The number of hydrogen-bond donors (Lipinski definition) is 1. The van der Waals surface area contributed by atoms with Crippen LogP contribution in [0.4, 0.5) is 0 Å². The molecule has 170 valence electrons. The van der Waals surface area contributed by atoms with Crippen LogP contribution in [-0.4, -0.2) is 29.3 Å². The second-order valence-electron chi connectivity index (χ2n) is 8.51. The quantitative estimate of drug-likeness (QED) is 0.567. The van der Waals surface area contributed by atoms with Gasteiger partial charge < -0.3 is 15.0 Å². The van der Waals surface area contributed by atoms with E-state index in [4.69, 9.17) is 4.74 Å². The molecule has 1 atom stereocenters. The summed E-state index contributed by atoms with van der Waals surface area (Å²) in [7, 11) is 0. The first-order chi connectivity index (χ1) is 16.1. The molecule has 1 saturated heterocycles. The molecule has 1 N–H and O–H groups in total. The van der Waals surface area contributed by atoms with Gasteiger partial charge in [0, 0.05) is 18.7 Å². The van der Waals surface area contributed by atoms with Crippen molar-refractivity contribution in [2.24, 2.45) is 0 Å². The van der Waals surface area contributed by atoms with Crippen LogP contribution in [0.1, 0.15) is 46.3 Å². The van der Waals surface area contributed by atoms with Gasteiger partial charge in [0.2, 0.25) is 5.91 Å². The summed E-state index contributed by atoms with van der Waals surface area (Å²) < 4.78 is 5.76. The average molecular weight is 443 g/mol. The van der Waals surface area contributed by atoms with Gasteiger partial charge in [-0.25, -0.2) is 0 Å². The number of carbonyl (C=O) groups excluding carboxylic acids is 2. The summed E-state index contributed by atoms with van der Waals surface area (Å²) in [6.07, 6.45) is 2.52. The van der Waals surface area contributed by atoms with Crippen LogP contribution in [0.15, 0.2) is 78.9 Å². The van der Waals surface area contributed by atoms with Crippen LogP contribution in [0.5, 0.6) is 5.75 Å². The summed E-state index contributed by atoms with van der Waals surface area (Å²) in [5.74, 6) is 0.583. The highest BCUT2D eigenvalue weighted by atomic mass is 16.5. The first-order valence-corrected chi connectivity index (χ1v) is 11.5. The standard InChI is InChI=1S/C28H30N2O3/c1-21-9-5-6-10-24(21)19-30-18-8-7-13-26(28(30)32)29-27(31)23-16-14-22(15-17-23)20-33-25-11-3-2-4-12-25/h2-6,9-12,14-17,26H,7-8,13,18-20H2,1H3,(H,29,31). The van der Waals surface area contributed by atoms with Crippen molar-refractivity contribution in [3.8, 4) is 5.75 Å². The Morgan fingerprint density at radius 3 is 2.45 bits per heavy atom. The SMILES string of the molecule is Cc1ccccc1CN1CCCCC(NC(=O)c2ccc(COc3ccccc3)cc2)C1=O. The first-order valence-electron chi connectivity index (χ1n) is 11.5. The normalized spacial score (nSPS) is 16.2. The first kappa shape index (κ1) is 22.6. The predicted octanol–water partition coefficient (Wildman–Crippen LogP) is 4.89. The molecule has 4 rings (SSSR count). The van der Waals surface area contributed by atoms with Gasteiger partial charge in [0.15, 0.2) is 0 Å². The largest absolute Gasteiger partial charge is 0.489 e. The molecule has 2 amide bonds. The average Bonchev–Trinajstić information content (AvgIpc) is 3.01. The van der Waals surface area contributed by atoms with E-state index in [0.717, 1.165) is 36.3 Å². The van der Waals surface area contributed by atoms with Crippen LogP contribution < -0.4 is 10.1 Å². The fourth-order valence-electron chi connectivity index (χ4n) is 4.07. The lowest BCUT2D eigenvalue weighted by Gasteiger charge is -2.25. The molecule has 1 aliphatic heterocycles. The molecule has 0 aliphatic carbocycles. The highest BCUT2D eigenvalue weighted by Crippen LogP contribution is 2.18. The van der Waals surface area contributed by atoms with E-state index >= 15 is 0 Å². The molecular formula is C28H30N2O3. The molecule has 5 heteroatoms. The fourth-order valence-corrected chi connectivity index (χ4v) is 4.07. The Kier molecular flexibility index (Phi) is 7.40. The Bertz CT molecular complexity index is 1080. The van der Waals surface area contributed by atoms with Crippen molar-refractivity contribution in [1.29, 1.82) is 0 Å². The van der Waals surface area contributed by atoms with E-state index in [1.807, 2.05) is 59.5 Å². The number of ether oxygens (including phenoxy) is 1. The third-order valence-corrected chi connectivity index (χ3v) is 6.07. The van der Waals surface area contributed by atoms with Crippen LogP contribution in [0.25, 0.3) is 0 Å². The van der Waals surface area contributed by atoms with Gasteiger partial charge in [-0.3, -0.25) is 9.59 Å². The van der Waals surface area contributed by atoms with Crippen molar-refractivity contribution in [3.63, 3.8) is 0 Å². The molecule has 33 heavy (non-hydrogen) atoms. The minimum absolute atomic E-state index is 0.00279. The van der Waals surface area contributed by atoms with Crippen molar-refractivity contribution >= 4 is 11.8 Å². The number of nitrogens with zero attached hydrogens (tertiary/aromatic N) is 1. The molecule has 1 fully saturated rings. The Hall–Kier alpha value is -3.60. The van der Waals surface area contributed by atoms with Crippen molar-refractivity contribution in [3.05, 3.63) is 101 Å². The molecule has 0 spiro atoms. The maximum atomic E-state index is 13.2. The Morgan fingerprint density at radius 2 is 1.70 bits per heavy atom. The van der Waals surface area contributed by atoms with Gasteiger partial charge in [-0.15, -0.1) is 0 Å². The molecule has 0 aromatic heterocycles. The minimum atomic E-state index is -0.495. The topological polar surface area (TPSA) is 58.6 Å². The lowest BCUT2D eigenvalue weighted by Crippen LogP contribution is -2.47. The molecule has 1 unspecified atom stereocenters. The summed E-state index contributed by atoms with van der Waals surface area (Å²) in [5.41, 5.74) is 3.84. The van der Waals surface area contributed by atoms with E-state index in [0.29, 0.717) is 25.1 Å². The number of para-hydroxylation sites is 1. The fraction of sp³-hybridized carbons (Fsp3) is 0.286. The lowest BCUT2D eigenvalue weighted by atomic mass is 10.1. The van der Waals surface area contributed by atoms with E-state index in [9.17, 15) is 9.59 Å². The number of carbonyl (C=O) groups is 2. The molecule has 1 heterocycles.